The molecule has 1 heterocycles. The molecular formula is C17H20N2O3. The largest absolute Gasteiger partial charge is 0.458 e. The Kier molecular flexibility index (Phi) is 4.24. The van der Waals surface area contributed by atoms with Gasteiger partial charge in [0.05, 0.1) is 11.7 Å². The first kappa shape index (κ1) is 14.8. The van der Waals surface area contributed by atoms with Crippen LogP contribution in [0.25, 0.3) is 0 Å². The lowest BCUT2D eigenvalue weighted by Gasteiger charge is -2.33. The number of aliphatic hydroxyl groups excluding tert-OH is 1. The quantitative estimate of drug-likeness (QED) is 0.883. The molecule has 0 spiro atoms. The number of aromatic nitrogens is 2. The SMILES string of the molecule is Cn1nccc1[C@H]1CC[C@@H](O)CC1OC(=O)c1ccccc1. The van der Waals surface area contributed by atoms with Gasteiger partial charge in [-0.3, -0.25) is 4.68 Å². The maximum atomic E-state index is 12.3. The number of hydrogen-bond donors (Lipinski definition) is 1. The molecule has 1 aromatic carbocycles. The van der Waals surface area contributed by atoms with Crippen molar-refractivity contribution in [3.8, 4) is 0 Å². The van der Waals surface area contributed by atoms with Crippen molar-refractivity contribution in [2.24, 2.45) is 7.05 Å². The second kappa shape index (κ2) is 6.32. The topological polar surface area (TPSA) is 64.3 Å². The third-order valence-electron chi connectivity index (χ3n) is 4.27. The Bertz CT molecular complexity index is 638. The molecule has 0 amide bonds. The predicted molar refractivity (Wildman–Crippen MR) is 81.5 cm³/mol. The minimum Gasteiger partial charge on any atom is -0.458 e. The number of benzene rings is 1. The van der Waals surface area contributed by atoms with Crippen molar-refractivity contribution in [2.45, 2.75) is 37.4 Å². The van der Waals surface area contributed by atoms with Gasteiger partial charge < -0.3 is 9.84 Å². The molecule has 1 saturated carbocycles. The number of esters is 1. The van der Waals surface area contributed by atoms with Crippen LogP contribution in [-0.2, 0) is 11.8 Å². The normalized spacial score (nSPS) is 24.9. The molecule has 1 N–H and O–H groups in total. The van der Waals surface area contributed by atoms with Gasteiger partial charge in [-0.05, 0) is 31.0 Å². The van der Waals surface area contributed by atoms with E-state index in [0.717, 1.165) is 18.5 Å². The van der Waals surface area contributed by atoms with Gasteiger partial charge in [0, 0.05) is 31.3 Å². The van der Waals surface area contributed by atoms with Gasteiger partial charge in [-0.25, -0.2) is 4.79 Å². The molecule has 22 heavy (non-hydrogen) atoms. The second-order valence-corrected chi connectivity index (χ2v) is 5.76. The van der Waals surface area contributed by atoms with Crippen LogP contribution in [0, 0.1) is 0 Å². The smallest absolute Gasteiger partial charge is 0.338 e. The monoisotopic (exact) mass is 300 g/mol. The fourth-order valence-electron chi connectivity index (χ4n) is 3.10. The number of carbonyl (C=O) groups is 1. The summed E-state index contributed by atoms with van der Waals surface area (Å²) in [7, 11) is 1.89. The van der Waals surface area contributed by atoms with Crippen LogP contribution >= 0.6 is 0 Å². The predicted octanol–water partition coefficient (Wildman–Crippen LogP) is 2.27. The van der Waals surface area contributed by atoms with Crippen molar-refractivity contribution in [2.75, 3.05) is 0 Å². The van der Waals surface area contributed by atoms with E-state index in [-0.39, 0.29) is 18.0 Å². The average Bonchev–Trinajstić information content (AvgIpc) is 2.94. The molecule has 0 radical (unpaired) electrons. The standard InChI is InChI=1S/C17H20N2O3/c1-19-15(9-10-18-19)14-8-7-13(20)11-16(14)22-17(21)12-5-3-2-4-6-12/h2-6,9-10,13-14,16,20H,7-8,11H2,1H3/t13-,14-,16?/m1/s1. The highest BCUT2D eigenvalue weighted by Gasteiger charge is 2.35. The first-order valence-corrected chi connectivity index (χ1v) is 7.57. The summed E-state index contributed by atoms with van der Waals surface area (Å²) in [6.07, 6.45) is 2.97. The molecule has 116 valence electrons. The van der Waals surface area contributed by atoms with E-state index in [1.54, 1.807) is 18.3 Å². The molecule has 0 bridgehead atoms. The number of ether oxygens (including phenoxy) is 1. The number of aliphatic hydroxyl groups is 1. The minimum absolute atomic E-state index is 0.0727. The third kappa shape index (κ3) is 3.04. The Morgan fingerprint density at radius 3 is 2.73 bits per heavy atom. The molecule has 1 aliphatic rings. The van der Waals surface area contributed by atoms with Crippen LogP contribution in [-0.4, -0.2) is 33.1 Å². The lowest BCUT2D eigenvalue weighted by Crippen LogP contribution is -2.35. The van der Waals surface area contributed by atoms with Gasteiger partial charge in [0.2, 0.25) is 0 Å². The molecule has 1 aliphatic carbocycles. The van der Waals surface area contributed by atoms with Crippen molar-refractivity contribution < 1.29 is 14.6 Å². The minimum atomic E-state index is -0.418. The first-order chi connectivity index (χ1) is 10.6. The maximum absolute atomic E-state index is 12.3. The van der Waals surface area contributed by atoms with Crippen LogP contribution in [0.15, 0.2) is 42.6 Å². The molecule has 0 aliphatic heterocycles. The fraction of sp³-hybridized carbons (Fsp3) is 0.412. The summed E-state index contributed by atoms with van der Waals surface area (Å²) in [5, 5.41) is 14.1. The van der Waals surface area contributed by atoms with Gasteiger partial charge in [0.25, 0.3) is 0 Å². The van der Waals surface area contributed by atoms with Crippen LogP contribution < -0.4 is 0 Å². The summed E-state index contributed by atoms with van der Waals surface area (Å²) in [5.74, 6) is -0.268. The average molecular weight is 300 g/mol. The highest BCUT2D eigenvalue weighted by molar-refractivity contribution is 5.89. The fourth-order valence-corrected chi connectivity index (χ4v) is 3.10. The maximum Gasteiger partial charge on any atom is 0.338 e. The van der Waals surface area contributed by atoms with Crippen molar-refractivity contribution in [3.05, 3.63) is 53.9 Å². The van der Waals surface area contributed by atoms with Crippen LogP contribution in [0.2, 0.25) is 0 Å². The summed E-state index contributed by atoms with van der Waals surface area (Å²) in [6, 6.07) is 10.9. The van der Waals surface area contributed by atoms with Gasteiger partial charge in [0.15, 0.2) is 0 Å². The van der Waals surface area contributed by atoms with Crippen LogP contribution in [0.4, 0.5) is 0 Å². The van der Waals surface area contributed by atoms with E-state index in [0.29, 0.717) is 12.0 Å². The summed E-state index contributed by atoms with van der Waals surface area (Å²) in [4.78, 5) is 12.3. The van der Waals surface area contributed by atoms with Crippen molar-refractivity contribution in [1.82, 2.24) is 9.78 Å². The van der Waals surface area contributed by atoms with Gasteiger partial charge in [-0.15, -0.1) is 0 Å². The molecule has 1 fully saturated rings. The van der Waals surface area contributed by atoms with Gasteiger partial charge in [-0.1, -0.05) is 18.2 Å². The van der Waals surface area contributed by atoms with Crippen LogP contribution in [0.3, 0.4) is 0 Å². The Labute approximate surface area is 129 Å². The zero-order chi connectivity index (χ0) is 15.5. The van der Waals surface area contributed by atoms with E-state index in [2.05, 4.69) is 5.10 Å². The van der Waals surface area contributed by atoms with E-state index in [4.69, 9.17) is 4.74 Å². The second-order valence-electron chi connectivity index (χ2n) is 5.76. The van der Waals surface area contributed by atoms with E-state index in [1.165, 1.54) is 0 Å². The first-order valence-electron chi connectivity index (χ1n) is 7.57. The summed E-state index contributed by atoms with van der Waals surface area (Å²) in [5.41, 5.74) is 1.57. The van der Waals surface area contributed by atoms with Crippen molar-refractivity contribution in [3.63, 3.8) is 0 Å². The Hall–Kier alpha value is -2.14. The summed E-state index contributed by atoms with van der Waals surface area (Å²) in [6.45, 7) is 0. The summed E-state index contributed by atoms with van der Waals surface area (Å²) >= 11 is 0. The van der Waals surface area contributed by atoms with Gasteiger partial charge in [-0.2, -0.15) is 5.10 Å². The molecule has 5 heteroatoms. The number of carbonyl (C=O) groups excluding carboxylic acids is 1. The van der Waals surface area contributed by atoms with Crippen molar-refractivity contribution >= 4 is 5.97 Å². The lowest BCUT2D eigenvalue weighted by molar-refractivity contribution is -0.0129. The molecule has 3 atom stereocenters. The molecule has 1 aromatic heterocycles. The van der Waals surface area contributed by atoms with Crippen LogP contribution in [0.5, 0.6) is 0 Å². The lowest BCUT2D eigenvalue weighted by atomic mass is 9.82. The van der Waals surface area contributed by atoms with Crippen molar-refractivity contribution in [1.29, 1.82) is 0 Å². The zero-order valence-electron chi connectivity index (χ0n) is 12.6. The Morgan fingerprint density at radius 1 is 1.27 bits per heavy atom. The number of hydrogen-bond acceptors (Lipinski definition) is 4. The Balaban J connectivity index is 1.79. The van der Waals surface area contributed by atoms with Gasteiger partial charge in [0.1, 0.15) is 6.10 Å². The highest BCUT2D eigenvalue weighted by atomic mass is 16.5. The highest BCUT2D eigenvalue weighted by Crippen LogP contribution is 2.35. The number of aryl methyl sites for hydroxylation is 1. The van der Waals surface area contributed by atoms with Crippen LogP contribution in [0.1, 0.15) is 41.2 Å². The van der Waals surface area contributed by atoms with E-state index >= 15 is 0 Å². The van der Waals surface area contributed by atoms with E-state index in [9.17, 15) is 9.90 Å². The summed E-state index contributed by atoms with van der Waals surface area (Å²) < 4.78 is 7.51. The van der Waals surface area contributed by atoms with E-state index < -0.39 is 6.10 Å². The van der Waals surface area contributed by atoms with E-state index in [1.807, 2.05) is 36.0 Å². The molecule has 2 aromatic rings. The molecule has 3 rings (SSSR count). The molecule has 5 nitrogen and oxygen atoms in total. The number of nitrogens with zero attached hydrogens (tertiary/aromatic N) is 2. The number of rotatable bonds is 3. The Morgan fingerprint density at radius 2 is 2.05 bits per heavy atom. The third-order valence-corrected chi connectivity index (χ3v) is 4.27. The molecule has 0 saturated heterocycles. The van der Waals surface area contributed by atoms with Gasteiger partial charge >= 0.3 is 5.97 Å². The molecule has 1 unspecified atom stereocenters. The molecular weight excluding hydrogens is 280 g/mol. The zero-order valence-corrected chi connectivity index (χ0v) is 12.6.